The second kappa shape index (κ2) is 7.43. The standard InChI is InChI=1S/C15H26FN3/c1-6-12(4)10-19(5)15-14(16)13(7-8-17-15)9-18-11(2)3/h7-8,11-12,18H,6,9-10H2,1-5H3. The molecule has 0 fully saturated rings. The van der Waals surface area contributed by atoms with Gasteiger partial charge in [-0.25, -0.2) is 9.37 Å². The molecule has 0 aliphatic carbocycles. The molecule has 0 bridgehead atoms. The molecule has 0 aliphatic heterocycles. The number of aromatic nitrogens is 1. The number of nitrogens with one attached hydrogen (secondary N) is 1. The van der Waals surface area contributed by atoms with Crippen LogP contribution in [0.25, 0.3) is 0 Å². The van der Waals surface area contributed by atoms with Crippen LogP contribution in [0.2, 0.25) is 0 Å². The van der Waals surface area contributed by atoms with Gasteiger partial charge in [-0.05, 0) is 12.0 Å². The Morgan fingerprint density at radius 2 is 2.05 bits per heavy atom. The molecule has 1 aromatic heterocycles. The first-order valence-electron chi connectivity index (χ1n) is 7.03. The average molecular weight is 267 g/mol. The molecule has 1 heterocycles. The van der Waals surface area contributed by atoms with Crippen LogP contribution in [-0.4, -0.2) is 24.6 Å². The minimum Gasteiger partial charge on any atom is -0.357 e. The second-order valence-corrected chi connectivity index (χ2v) is 5.54. The first kappa shape index (κ1) is 15.9. The van der Waals surface area contributed by atoms with Crippen LogP contribution in [0.4, 0.5) is 10.2 Å². The Hall–Kier alpha value is -1.16. The van der Waals surface area contributed by atoms with Crippen molar-refractivity contribution in [1.29, 1.82) is 0 Å². The summed E-state index contributed by atoms with van der Waals surface area (Å²) in [6, 6.07) is 2.08. The molecule has 0 amide bonds. The van der Waals surface area contributed by atoms with Gasteiger partial charge in [0.05, 0.1) is 0 Å². The first-order valence-corrected chi connectivity index (χ1v) is 7.03. The Morgan fingerprint density at radius 1 is 1.37 bits per heavy atom. The van der Waals surface area contributed by atoms with E-state index in [2.05, 4.69) is 38.0 Å². The Kier molecular flexibility index (Phi) is 6.22. The van der Waals surface area contributed by atoms with Crippen LogP contribution >= 0.6 is 0 Å². The van der Waals surface area contributed by atoms with Crippen molar-refractivity contribution in [2.24, 2.45) is 5.92 Å². The fraction of sp³-hybridized carbons (Fsp3) is 0.667. The highest BCUT2D eigenvalue weighted by Gasteiger charge is 2.14. The summed E-state index contributed by atoms with van der Waals surface area (Å²) in [5.41, 5.74) is 0.676. The van der Waals surface area contributed by atoms with Gasteiger partial charge in [-0.2, -0.15) is 0 Å². The number of anilines is 1. The lowest BCUT2D eigenvalue weighted by molar-refractivity contribution is 0.531. The van der Waals surface area contributed by atoms with Gasteiger partial charge in [-0.15, -0.1) is 0 Å². The van der Waals surface area contributed by atoms with Crippen LogP contribution in [0.1, 0.15) is 39.7 Å². The SMILES string of the molecule is CCC(C)CN(C)c1nccc(CNC(C)C)c1F. The quantitative estimate of drug-likeness (QED) is 0.822. The maximum Gasteiger partial charge on any atom is 0.170 e. The normalized spacial score (nSPS) is 12.8. The van der Waals surface area contributed by atoms with E-state index in [0.717, 1.165) is 13.0 Å². The van der Waals surface area contributed by atoms with E-state index in [4.69, 9.17) is 0 Å². The highest BCUT2D eigenvalue weighted by Crippen LogP contribution is 2.19. The highest BCUT2D eigenvalue weighted by molar-refractivity contribution is 5.42. The van der Waals surface area contributed by atoms with E-state index in [0.29, 0.717) is 29.9 Å². The minimum absolute atomic E-state index is 0.207. The van der Waals surface area contributed by atoms with Crippen molar-refractivity contribution in [3.63, 3.8) is 0 Å². The maximum absolute atomic E-state index is 14.4. The van der Waals surface area contributed by atoms with Crippen LogP contribution < -0.4 is 10.2 Å². The molecule has 0 aliphatic rings. The zero-order valence-corrected chi connectivity index (χ0v) is 12.7. The molecule has 4 heteroatoms. The minimum atomic E-state index is -0.207. The molecule has 108 valence electrons. The van der Waals surface area contributed by atoms with Crippen molar-refractivity contribution < 1.29 is 4.39 Å². The third kappa shape index (κ3) is 4.78. The monoisotopic (exact) mass is 267 g/mol. The molecule has 1 unspecified atom stereocenters. The zero-order valence-electron chi connectivity index (χ0n) is 12.7. The van der Waals surface area contributed by atoms with Crippen molar-refractivity contribution >= 4 is 5.82 Å². The van der Waals surface area contributed by atoms with E-state index >= 15 is 0 Å². The van der Waals surface area contributed by atoms with Crippen LogP contribution in [0.3, 0.4) is 0 Å². The Labute approximate surface area is 116 Å². The fourth-order valence-corrected chi connectivity index (χ4v) is 1.87. The van der Waals surface area contributed by atoms with Crippen LogP contribution in [0, 0.1) is 11.7 Å². The predicted molar refractivity (Wildman–Crippen MR) is 78.9 cm³/mol. The number of hydrogen-bond acceptors (Lipinski definition) is 3. The van der Waals surface area contributed by atoms with Crippen molar-refractivity contribution in [3.05, 3.63) is 23.6 Å². The van der Waals surface area contributed by atoms with Crippen LogP contribution in [0.5, 0.6) is 0 Å². The highest BCUT2D eigenvalue weighted by atomic mass is 19.1. The summed E-state index contributed by atoms with van der Waals surface area (Å²) in [7, 11) is 1.90. The van der Waals surface area contributed by atoms with Gasteiger partial charge in [-0.1, -0.05) is 34.1 Å². The summed E-state index contributed by atoms with van der Waals surface area (Å²) in [4.78, 5) is 6.08. The topological polar surface area (TPSA) is 28.2 Å². The van der Waals surface area contributed by atoms with Gasteiger partial charge in [-0.3, -0.25) is 0 Å². The zero-order chi connectivity index (χ0) is 14.4. The summed E-state index contributed by atoms with van der Waals surface area (Å²) in [6.45, 7) is 9.77. The third-order valence-corrected chi connectivity index (χ3v) is 3.30. The van der Waals surface area contributed by atoms with E-state index in [-0.39, 0.29) is 5.82 Å². The first-order chi connectivity index (χ1) is 8.95. The van der Waals surface area contributed by atoms with Gasteiger partial charge < -0.3 is 10.2 Å². The summed E-state index contributed by atoms with van der Waals surface area (Å²) in [5.74, 6) is 0.772. The summed E-state index contributed by atoms with van der Waals surface area (Å²) >= 11 is 0. The lowest BCUT2D eigenvalue weighted by Crippen LogP contribution is -2.27. The number of pyridine rings is 1. The van der Waals surface area contributed by atoms with Gasteiger partial charge in [0, 0.05) is 37.9 Å². The van der Waals surface area contributed by atoms with Gasteiger partial charge in [0.2, 0.25) is 0 Å². The molecule has 0 radical (unpaired) electrons. The Morgan fingerprint density at radius 3 is 2.63 bits per heavy atom. The van der Waals surface area contributed by atoms with E-state index in [1.54, 1.807) is 12.3 Å². The summed E-state index contributed by atoms with van der Waals surface area (Å²) in [6.07, 6.45) is 2.77. The van der Waals surface area contributed by atoms with E-state index in [1.807, 2.05) is 11.9 Å². The molecule has 0 spiro atoms. The van der Waals surface area contributed by atoms with E-state index in [1.165, 1.54) is 0 Å². The third-order valence-electron chi connectivity index (χ3n) is 3.30. The molecule has 1 rings (SSSR count). The fourth-order valence-electron chi connectivity index (χ4n) is 1.87. The van der Waals surface area contributed by atoms with Crippen LogP contribution in [0.15, 0.2) is 12.3 Å². The van der Waals surface area contributed by atoms with Gasteiger partial charge in [0.15, 0.2) is 11.6 Å². The number of hydrogen-bond donors (Lipinski definition) is 1. The summed E-state index contributed by atoms with van der Waals surface area (Å²) in [5, 5.41) is 3.23. The molecule has 1 atom stereocenters. The lowest BCUT2D eigenvalue weighted by atomic mass is 10.1. The largest absolute Gasteiger partial charge is 0.357 e. The van der Waals surface area contributed by atoms with E-state index < -0.39 is 0 Å². The molecule has 19 heavy (non-hydrogen) atoms. The van der Waals surface area contributed by atoms with Crippen molar-refractivity contribution in [2.45, 2.75) is 46.7 Å². The maximum atomic E-state index is 14.4. The van der Waals surface area contributed by atoms with Gasteiger partial charge in [0.1, 0.15) is 0 Å². The molecule has 3 nitrogen and oxygen atoms in total. The summed E-state index contributed by atoms with van der Waals surface area (Å²) < 4.78 is 14.4. The van der Waals surface area contributed by atoms with Crippen molar-refractivity contribution in [2.75, 3.05) is 18.5 Å². The molecule has 0 saturated heterocycles. The molecule has 1 aromatic rings. The average Bonchev–Trinajstić information content (AvgIpc) is 2.37. The van der Waals surface area contributed by atoms with Gasteiger partial charge in [0.25, 0.3) is 0 Å². The molecule has 0 saturated carbocycles. The molecular weight excluding hydrogens is 241 g/mol. The van der Waals surface area contributed by atoms with Crippen molar-refractivity contribution in [1.82, 2.24) is 10.3 Å². The van der Waals surface area contributed by atoms with Crippen LogP contribution in [-0.2, 0) is 6.54 Å². The smallest absolute Gasteiger partial charge is 0.170 e. The lowest BCUT2D eigenvalue weighted by Gasteiger charge is -2.23. The molecular formula is C15H26FN3. The number of rotatable bonds is 7. The predicted octanol–water partition coefficient (Wildman–Crippen LogP) is 3.20. The Bertz CT molecular complexity index is 393. The van der Waals surface area contributed by atoms with E-state index in [9.17, 15) is 4.39 Å². The number of nitrogens with zero attached hydrogens (tertiary/aromatic N) is 2. The second-order valence-electron chi connectivity index (χ2n) is 5.54. The van der Waals surface area contributed by atoms with Crippen molar-refractivity contribution in [3.8, 4) is 0 Å². The molecule has 1 N–H and O–H groups in total. The number of halogens is 1. The van der Waals surface area contributed by atoms with Gasteiger partial charge >= 0.3 is 0 Å². The molecule has 0 aromatic carbocycles. The Balaban J connectivity index is 2.81.